The first-order chi connectivity index (χ1) is 17.3. The molecule has 1 fully saturated rings. The van der Waals surface area contributed by atoms with Crippen LogP contribution in [0.5, 0.6) is 11.5 Å². The van der Waals surface area contributed by atoms with Crippen LogP contribution in [0.3, 0.4) is 0 Å². The summed E-state index contributed by atoms with van der Waals surface area (Å²) >= 11 is 15.0. The van der Waals surface area contributed by atoms with Crippen LogP contribution in [0.4, 0.5) is 27.7 Å². The number of nitrogens with zero attached hydrogens (tertiary/aromatic N) is 4. The Morgan fingerprint density at radius 2 is 1.89 bits per heavy atom. The van der Waals surface area contributed by atoms with Gasteiger partial charge in [0.15, 0.2) is 5.16 Å². The molecule has 1 saturated carbocycles. The minimum atomic E-state index is -0.259. The number of carbonyl (C=O) groups excluding carboxylic acids is 1. The number of halogens is 2. The first-order valence-corrected chi connectivity index (χ1v) is 13.1. The lowest BCUT2D eigenvalue weighted by atomic mass is 10.1. The minimum Gasteiger partial charge on any atom is -0.495 e. The van der Waals surface area contributed by atoms with Gasteiger partial charge in [0.2, 0.25) is 0 Å². The van der Waals surface area contributed by atoms with Crippen molar-refractivity contribution in [3.63, 3.8) is 0 Å². The van der Waals surface area contributed by atoms with Crippen molar-refractivity contribution in [2.24, 2.45) is 0 Å². The number of carbonyl (C=O) groups is 1. The second-order valence-corrected chi connectivity index (χ2v) is 10.0. The van der Waals surface area contributed by atoms with Crippen LogP contribution in [0.15, 0.2) is 35.6 Å². The number of amides is 2. The number of methoxy groups -OCH3 is 1. The van der Waals surface area contributed by atoms with E-state index < -0.39 is 0 Å². The Balaban J connectivity index is 1.54. The molecule has 0 unspecified atom stereocenters. The molecule has 36 heavy (non-hydrogen) atoms. The molecule has 188 valence electrons. The Bertz CT molecular complexity index is 1350. The molecular weight excluding hydrogens is 523 g/mol. The summed E-state index contributed by atoms with van der Waals surface area (Å²) in [5, 5.41) is 1.01. The fourth-order valence-electron chi connectivity index (χ4n) is 4.04. The number of ether oxygens (including phenoxy) is 2. The SMILES string of the molecule is COc1cc(OCc2ccc(N)c(N)c2)c(Cl)c(N2Cc3cnc(SC)nc3N(C3CC3)C2=O)c1Cl. The largest absolute Gasteiger partial charge is 0.495 e. The molecule has 0 spiro atoms. The fraction of sp³-hybridized carbons (Fsp3) is 0.292. The number of rotatable bonds is 7. The van der Waals surface area contributed by atoms with Gasteiger partial charge in [-0.05, 0) is 36.8 Å². The van der Waals surface area contributed by atoms with Gasteiger partial charge in [-0.15, -0.1) is 0 Å². The molecule has 5 rings (SSSR count). The van der Waals surface area contributed by atoms with Crippen molar-refractivity contribution in [3.8, 4) is 11.5 Å². The van der Waals surface area contributed by atoms with E-state index in [-0.39, 0.29) is 35.3 Å². The third-order valence-corrected chi connectivity index (χ3v) is 7.35. The van der Waals surface area contributed by atoms with E-state index in [9.17, 15) is 4.79 Å². The number of urea groups is 1. The van der Waals surface area contributed by atoms with Gasteiger partial charge >= 0.3 is 6.03 Å². The van der Waals surface area contributed by atoms with Gasteiger partial charge < -0.3 is 20.9 Å². The monoisotopic (exact) mass is 546 g/mol. The van der Waals surface area contributed by atoms with Crippen LogP contribution in [0.2, 0.25) is 10.0 Å². The summed E-state index contributed by atoms with van der Waals surface area (Å²) in [7, 11) is 1.49. The molecule has 2 amide bonds. The average molecular weight is 547 g/mol. The molecule has 3 aromatic rings. The summed E-state index contributed by atoms with van der Waals surface area (Å²) in [6.45, 7) is 0.372. The Morgan fingerprint density at radius 3 is 2.56 bits per heavy atom. The van der Waals surface area contributed by atoms with E-state index in [4.69, 9.17) is 44.1 Å². The highest BCUT2D eigenvalue weighted by Crippen LogP contribution is 2.49. The molecule has 0 atom stereocenters. The number of fused-ring (bicyclic) bond motifs is 1. The van der Waals surface area contributed by atoms with Gasteiger partial charge in [-0.3, -0.25) is 9.80 Å². The topological polar surface area (TPSA) is 120 Å². The summed E-state index contributed by atoms with van der Waals surface area (Å²) < 4.78 is 11.5. The molecule has 2 heterocycles. The van der Waals surface area contributed by atoms with E-state index in [1.165, 1.54) is 23.8 Å². The second kappa shape index (κ2) is 9.76. The van der Waals surface area contributed by atoms with E-state index in [1.54, 1.807) is 29.3 Å². The first-order valence-electron chi connectivity index (χ1n) is 11.2. The predicted molar refractivity (Wildman–Crippen MR) is 144 cm³/mol. The third kappa shape index (κ3) is 4.44. The summed E-state index contributed by atoms with van der Waals surface area (Å²) in [4.78, 5) is 26.1. The highest BCUT2D eigenvalue weighted by Gasteiger charge is 2.43. The molecule has 1 aliphatic heterocycles. The zero-order valence-corrected chi connectivity index (χ0v) is 22.0. The van der Waals surface area contributed by atoms with Gasteiger partial charge in [0.1, 0.15) is 34.0 Å². The van der Waals surface area contributed by atoms with Crippen LogP contribution in [-0.2, 0) is 13.2 Å². The molecule has 0 saturated heterocycles. The van der Waals surface area contributed by atoms with E-state index in [0.717, 1.165) is 24.0 Å². The van der Waals surface area contributed by atoms with Crippen molar-refractivity contribution in [2.75, 3.05) is 34.6 Å². The third-order valence-electron chi connectivity index (χ3n) is 6.05. The predicted octanol–water partition coefficient (Wildman–Crippen LogP) is 5.37. The quantitative estimate of drug-likeness (QED) is 0.230. The molecular formula is C24H24Cl2N6O3S. The van der Waals surface area contributed by atoms with Crippen LogP contribution < -0.4 is 30.7 Å². The number of benzene rings is 2. The molecule has 1 aromatic heterocycles. The highest BCUT2D eigenvalue weighted by atomic mass is 35.5. The number of thioether (sulfide) groups is 1. The maximum absolute atomic E-state index is 13.8. The van der Waals surface area contributed by atoms with Crippen LogP contribution in [0.1, 0.15) is 24.0 Å². The van der Waals surface area contributed by atoms with Gasteiger partial charge in [0.05, 0.1) is 30.7 Å². The van der Waals surface area contributed by atoms with Gasteiger partial charge in [-0.1, -0.05) is 41.0 Å². The van der Waals surface area contributed by atoms with E-state index in [2.05, 4.69) is 9.97 Å². The fourth-order valence-corrected chi connectivity index (χ4v) is 5.06. The maximum atomic E-state index is 13.8. The zero-order valence-electron chi connectivity index (χ0n) is 19.6. The van der Waals surface area contributed by atoms with Crippen molar-refractivity contribution in [1.82, 2.24) is 9.97 Å². The molecule has 4 N–H and O–H groups in total. The molecule has 2 aromatic carbocycles. The van der Waals surface area contributed by atoms with Gasteiger partial charge in [-0.2, -0.15) is 0 Å². The number of hydrogen-bond donors (Lipinski definition) is 2. The standard InChI is InChI=1S/C24H24Cl2N6O3S/c1-34-17-8-18(35-11-12-3-6-15(27)16(28)7-12)20(26)21(19(17)25)31-10-13-9-29-23(36-2)30-22(13)32(24(31)33)14-4-5-14/h3,6-9,14H,4-5,10-11,27-28H2,1-2H3. The molecule has 0 radical (unpaired) electrons. The van der Waals surface area contributed by atoms with E-state index >= 15 is 0 Å². The summed E-state index contributed by atoms with van der Waals surface area (Å²) in [5.74, 6) is 1.27. The molecule has 2 aliphatic rings. The number of nitrogen functional groups attached to an aromatic ring is 2. The average Bonchev–Trinajstić information content (AvgIpc) is 3.71. The Morgan fingerprint density at radius 1 is 1.14 bits per heavy atom. The number of aromatic nitrogens is 2. The van der Waals surface area contributed by atoms with Crippen molar-refractivity contribution in [1.29, 1.82) is 0 Å². The van der Waals surface area contributed by atoms with E-state index in [1.807, 2.05) is 12.3 Å². The van der Waals surface area contributed by atoms with Crippen molar-refractivity contribution in [3.05, 3.63) is 51.6 Å². The molecule has 0 bridgehead atoms. The van der Waals surface area contributed by atoms with Crippen LogP contribution in [0, 0.1) is 0 Å². The lowest BCUT2D eigenvalue weighted by molar-refractivity contribution is 0.249. The van der Waals surface area contributed by atoms with Gasteiger partial charge in [0.25, 0.3) is 0 Å². The Hall–Kier alpha value is -3.08. The normalized spacial score (nSPS) is 15.2. The number of hydrogen-bond acceptors (Lipinski definition) is 8. The lowest BCUT2D eigenvalue weighted by Gasteiger charge is -2.37. The summed E-state index contributed by atoms with van der Waals surface area (Å²) in [6.07, 6.45) is 5.44. The minimum absolute atomic E-state index is 0.0681. The van der Waals surface area contributed by atoms with Crippen molar-refractivity contribution >= 4 is 63.9 Å². The molecule has 9 nitrogen and oxygen atoms in total. The lowest BCUT2D eigenvalue weighted by Crippen LogP contribution is -2.49. The molecule has 12 heteroatoms. The van der Waals surface area contributed by atoms with Gasteiger partial charge in [-0.25, -0.2) is 14.8 Å². The van der Waals surface area contributed by atoms with E-state index in [0.29, 0.717) is 39.5 Å². The zero-order chi connectivity index (χ0) is 25.6. The van der Waals surface area contributed by atoms with Crippen molar-refractivity contribution < 1.29 is 14.3 Å². The second-order valence-electron chi connectivity index (χ2n) is 8.48. The Kier molecular flexibility index (Phi) is 6.67. The van der Waals surface area contributed by atoms with Crippen LogP contribution >= 0.6 is 35.0 Å². The number of anilines is 4. The number of nitrogens with two attached hydrogens (primary N) is 2. The van der Waals surface area contributed by atoms with Crippen molar-refractivity contribution in [2.45, 2.75) is 37.2 Å². The maximum Gasteiger partial charge on any atom is 0.330 e. The Labute approximate surface area is 222 Å². The van der Waals surface area contributed by atoms with Crippen LogP contribution in [0.25, 0.3) is 0 Å². The summed E-state index contributed by atoms with van der Waals surface area (Å²) in [5.41, 5.74) is 14.6. The molecule has 1 aliphatic carbocycles. The van der Waals surface area contributed by atoms with Gasteiger partial charge in [0, 0.05) is 23.9 Å². The summed E-state index contributed by atoms with van der Waals surface area (Å²) in [6, 6.07) is 6.67. The van der Waals surface area contributed by atoms with Crippen LogP contribution in [-0.4, -0.2) is 35.4 Å². The highest BCUT2D eigenvalue weighted by molar-refractivity contribution is 7.98. The first kappa shape index (κ1) is 24.6. The smallest absolute Gasteiger partial charge is 0.330 e.